The Kier molecular flexibility index (Phi) is 6.55. The van der Waals surface area contributed by atoms with E-state index in [0.717, 1.165) is 4.90 Å². The van der Waals surface area contributed by atoms with Gasteiger partial charge >= 0.3 is 18.4 Å². The van der Waals surface area contributed by atoms with Crippen molar-refractivity contribution >= 4 is 17.7 Å². The number of carbonyl (C=O) groups excluding carboxylic acids is 2. The first-order valence-corrected chi connectivity index (χ1v) is 10.1. The molecule has 2 aliphatic rings. The third-order valence-corrected chi connectivity index (χ3v) is 6.19. The van der Waals surface area contributed by atoms with Gasteiger partial charge in [-0.25, -0.2) is 9.64 Å². The van der Waals surface area contributed by atoms with E-state index in [1.165, 1.54) is 0 Å². The molecule has 33 heavy (non-hydrogen) atoms. The summed E-state index contributed by atoms with van der Waals surface area (Å²) in [5.74, 6) is -0.216. The van der Waals surface area contributed by atoms with Crippen LogP contribution in [-0.2, 0) is 4.74 Å². The Labute approximate surface area is 185 Å². The molecule has 0 unspecified atom stereocenters. The lowest BCUT2D eigenvalue weighted by atomic mass is 9.78. The van der Waals surface area contributed by atoms with Crippen LogP contribution in [0.4, 0.5) is 36.8 Å². The van der Waals surface area contributed by atoms with E-state index in [-0.39, 0.29) is 24.4 Å². The standard InChI is InChI=1S/C21H21F6N3O3/c1-13-11-14(3-4-15(13)28-2)16(31)30-10-7-19(12-30)5-8-29(9-6-19)18(32)33-17(20(22,23)24)21(25,26)27/h3-4,11,17H,5-10,12H2,1H3. The molecule has 2 saturated heterocycles. The van der Waals surface area contributed by atoms with E-state index in [0.29, 0.717) is 49.2 Å². The van der Waals surface area contributed by atoms with Crippen LogP contribution in [0.3, 0.4) is 0 Å². The lowest BCUT2D eigenvalue weighted by molar-refractivity contribution is -0.308. The van der Waals surface area contributed by atoms with Gasteiger partial charge in [-0.05, 0) is 37.2 Å². The van der Waals surface area contributed by atoms with Gasteiger partial charge in [0.15, 0.2) is 5.69 Å². The van der Waals surface area contributed by atoms with Crippen molar-refractivity contribution in [1.82, 2.24) is 9.80 Å². The normalized spacial score (nSPS) is 18.5. The SMILES string of the molecule is [C-]#[N+]c1ccc(C(=O)N2CCC3(CCN(C(=O)OC(C(F)(F)F)C(F)(F)F)CC3)C2)cc1C. The summed E-state index contributed by atoms with van der Waals surface area (Å²) in [7, 11) is 0. The smallest absolute Gasteiger partial charge is 0.426 e. The molecule has 0 atom stereocenters. The average Bonchev–Trinajstić information content (AvgIpc) is 3.13. The highest BCUT2D eigenvalue weighted by Crippen LogP contribution is 2.42. The van der Waals surface area contributed by atoms with Gasteiger partial charge in [-0.15, -0.1) is 0 Å². The van der Waals surface area contributed by atoms with E-state index in [2.05, 4.69) is 9.58 Å². The topological polar surface area (TPSA) is 54.2 Å². The number of hydrogen-bond acceptors (Lipinski definition) is 3. The first-order valence-electron chi connectivity index (χ1n) is 10.1. The summed E-state index contributed by atoms with van der Waals surface area (Å²) < 4.78 is 79.6. The minimum Gasteiger partial charge on any atom is -0.426 e. The highest BCUT2D eigenvalue weighted by atomic mass is 19.4. The molecule has 1 spiro atoms. The van der Waals surface area contributed by atoms with Gasteiger partial charge in [-0.2, -0.15) is 26.3 Å². The maximum atomic E-state index is 12.9. The molecule has 0 aliphatic carbocycles. The quantitative estimate of drug-likeness (QED) is 0.440. The average molecular weight is 477 g/mol. The van der Waals surface area contributed by atoms with Crippen LogP contribution in [-0.4, -0.2) is 66.4 Å². The molecule has 0 radical (unpaired) electrons. The van der Waals surface area contributed by atoms with E-state index in [1.807, 2.05) is 0 Å². The molecule has 180 valence electrons. The zero-order valence-electron chi connectivity index (χ0n) is 17.6. The Hall–Kier alpha value is -2.97. The van der Waals surface area contributed by atoms with Crippen molar-refractivity contribution in [2.45, 2.75) is 44.6 Å². The van der Waals surface area contributed by atoms with Crippen molar-refractivity contribution in [3.05, 3.63) is 40.7 Å². The molecule has 12 heteroatoms. The second kappa shape index (κ2) is 8.76. The van der Waals surface area contributed by atoms with E-state index < -0.39 is 24.5 Å². The molecule has 2 aliphatic heterocycles. The molecule has 0 N–H and O–H groups in total. The highest BCUT2D eigenvalue weighted by Gasteiger charge is 2.60. The molecule has 2 amide bonds. The van der Waals surface area contributed by atoms with Crippen LogP contribution in [0.1, 0.15) is 35.2 Å². The Bertz CT molecular complexity index is 947. The number of likely N-dealkylation sites (tertiary alicyclic amines) is 2. The molecular weight excluding hydrogens is 456 g/mol. The van der Waals surface area contributed by atoms with Crippen molar-refractivity contribution in [2.24, 2.45) is 5.41 Å². The van der Waals surface area contributed by atoms with Gasteiger partial charge in [-0.1, -0.05) is 18.2 Å². The molecule has 3 rings (SSSR count). The van der Waals surface area contributed by atoms with E-state index in [9.17, 15) is 35.9 Å². The third-order valence-electron chi connectivity index (χ3n) is 6.19. The third kappa shape index (κ3) is 5.34. The maximum absolute atomic E-state index is 12.9. The molecule has 0 aromatic heterocycles. The highest BCUT2D eigenvalue weighted by molar-refractivity contribution is 5.95. The van der Waals surface area contributed by atoms with Crippen LogP contribution in [0.25, 0.3) is 4.85 Å². The molecule has 2 fully saturated rings. The van der Waals surface area contributed by atoms with Crippen LogP contribution < -0.4 is 0 Å². The second-order valence-electron chi connectivity index (χ2n) is 8.42. The van der Waals surface area contributed by atoms with E-state index in [4.69, 9.17) is 6.57 Å². The van der Waals surface area contributed by atoms with Gasteiger partial charge in [0, 0.05) is 31.7 Å². The van der Waals surface area contributed by atoms with Gasteiger partial charge in [0.2, 0.25) is 0 Å². The summed E-state index contributed by atoms with van der Waals surface area (Å²) in [4.78, 5) is 30.7. The zero-order chi connectivity index (χ0) is 24.6. The lowest BCUT2D eigenvalue weighted by Crippen LogP contribution is -2.50. The van der Waals surface area contributed by atoms with Gasteiger partial charge in [0.05, 0.1) is 6.57 Å². The predicted octanol–water partition coefficient (Wildman–Crippen LogP) is 5.10. The molecule has 0 bridgehead atoms. The second-order valence-corrected chi connectivity index (χ2v) is 8.42. The summed E-state index contributed by atoms with van der Waals surface area (Å²) in [6, 6.07) is 4.78. The summed E-state index contributed by atoms with van der Waals surface area (Å²) in [5, 5.41) is 0. The Morgan fingerprint density at radius 2 is 1.58 bits per heavy atom. The summed E-state index contributed by atoms with van der Waals surface area (Å²) >= 11 is 0. The molecule has 1 aromatic rings. The van der Waals surface area contributed by atoms with Crippen molar-refractivity contribution in [2.75, 3.05) is 26.2 Å². The number of alkyl halides is 6. The largest absolute Gasteiger partial charge is 0.434 e. The predicted molar refractivity (Wildman–Crippen MR) is 104 cm³/mol. The summed E-state index contributed by atoms with van der Waals surface area (Å²) in [5.41, 5.74) is 1.18. The van der Waals surface area contributed by atoms with Crippen LogP contribution in [0, 0.1) is 18.9 Å². The fourth-order valence-corrected chi connectivity index (χ4v) is 4.27. The van der Waals surface area contributed by atoms with Gasteiger partial charge in [0.25, 0.3) is 12.0 Å². The number of halogens is 6. The fraction of sp³-hybridized carbons (Fsp3) is 0.571. The lowest BCUT2D eigenvalue weighted by Gasteiger charge is -2.39. The Balaban J connectivity index is 1.59. The maximum Gasteiger partial charge on any atom is 0.434 e. The molecule has 1 aromatic carbocycles. The van der Waals surface area contributed by atoms with Crippen molar-refractivity contribution < 1.29 is 40.7 Å². The fourth-order valence-electron chi connectivity index (χ4n) is 4.27. The zero-order valence-corrected chi connectivity index (χ0v) is 17.6. The summed E-state index contributed by atoms with van der Waals surface area (Å²) in [6.45, 7) is 9.49. The van der Waals surface area contributed by atoms with Gasteiger partial charge < -0.3 is 14.5 Å². The molecule has 6 nitrogen and oxygen atoms in total. The number of aryl methyl sites for hydroxylation is 1. The Morgan fingerprint density at radius 3 is 2.06 bits per heavy atom. The van der Waals surface area contributed by atoms with E-state index >= 15 is 0 Å². The van der Waals surface area contributed by atoms with Crippen LogP contribution >= 0.6 is 0 Å². The van der Waals surface area contributed by atoms with Crippen molar-refractivity contribution in [3.8, 4) is 0 Å². The van der Waals surface area contributed by atoms with Crippen LogP contribution in [0.2, 0.25) is 0 Å². The first-order chi connectivity index (χ1) is 15.3. The number of hydrogen-bond donors (Lipinski definition) is 0. The monoisotopic (exact) mass is 477 g/mol. The summed E-state index contributed by atoms with van der Waals surface area (Å²) in [6.07, 6.45) is -16.1. The molecule has 0 saturated carbocycles. The van der Waals surface area contributed by atoms with Gasteiger partial charge in [-0.3, -0.25) is 4.79 Å². The molecule has 2 heterocycles. The number of piperidine rings is 1. The number of ether oxygens (including phenoxy) is 1. The van der Waals surface area contributed by atoms with Gasteiger partial charge in [0.1, 0.15) is 0 Å². The number of rotatable bonds is 2. The minimum atomic E-state index is -5.76. The number of nitrogens with zero attached hydrogens (tertiary/aromatic N) is 3. The first kappa shape index (κ1) is 24.7. The van der Waals surface area contributed by atoms with Crippen LogP contribution in [0.5, 0.6) is 0 Å². The minimum absolute atomic E-state index is 0.0674. The number of amides is 2. The van der Waals surface area contributed by atoms with Crippen molar-refractivity contribution in [3.63, 3.8) is 0 Å². The Morgan fingerprint density at radius 1 is 1.03 bits per heavy atom. The van der Waals surface area contributed by atoms with E-state index in [1.54, 1.807) is 30.0 Å². The molecular formula is C21H21F6N3O3. The van der Waals surface area contributed by atoms with Crippen LogP contribution in [0.15, 0.2) is 18.2 Å². The van der Waals surface area contributed by atoms with Crippen molar-refractivity contribution in [1.29, 1.82) is 0 Å². The number of benzene rings is 1. The number of carbonyl (C=O) groups is 2.